The zero-order valence-electron chi connectivity index (χ0n) is 9.98. The molecule has 0 saturated heterocycles. The van der Waals surface area contributed by atoms with Gasteiger partial charge in [-0.05, 0) is 34.0 Å². The minimum atomic E-state index is -0.276. The number of pyridine rings is 1. The quantitative estimate of drug-likeness (QED) is 0.884. The lowest BCUT2D eigenvalue weighted by atomic mass is 10.1. The van der Waals surface area contributed by atoms with E-state index < -0.39 is 0 Å². The Kier molecular flexibility index (Phi) is 3.76. The van der Waals surface area contributed by atoms with Crippen molar-refractivity contribution in [2.45, 2.75) is 19.8 Å². The van der Waals surface area contributed by atoms with Crippen LogP contribution in [0.25, 0.3) is 0 Å². The highest BCUT2D eigenvalue weighted by atomic mass is 79.9. The summed E-state index contributed by atoms with van der Waals surface area (Å²) in [5.74, 6) is 0.321. The lowest BCUT2D eigenvalue weighted by molar-refractivity contribution is 0.102. The molecule has 5 nitrogen and oxygen atoms in total. The molecule has 0 radical (unpaired) electrons. The van der Waals surface area contributed by atoms with Crippen molar-refractivity contribution in [1.29, 1.82) is 0 Å². The van der Waals surface area contributed by atoms with Gasteiger partial charge in [-0.25, -0.2) is 4.98 Å². The normalized spacial score (nSPS) is 10.7. The predicted molar refractivity (Wildman–Crippen MR) is 70.5 cm³/mol. The molecule has 0 bridgehead atoms. The van der Waals surface area contributed by atoms with E-state index in [1.807, 2.05) is 13.8 Å². The number of amides is 1. The van der Waals surface area contributed by atoms with Crippen LogP contribution in [0.5, 0.6) is 0 Å². The molecule has 0 saturated carbocycles. The second-order valence-electron chi connectivity index (χ2n) is 4.09. The van der Waals surface area contributed by atoms with Crippen molar-refractivity contribution in [3.05, 3.63) is 40.3 Å². The summed E-state index contributed by atoms with van der Waals surface area (Å²) in [6.45, 7) is 4.00. The fourth-order valence-electron chi connectivity index (χ4n) is 1.31. The van der Waals surface area contributed by atoms with Crippen LogP contribution >= 0.6 is 15.9 Å². The number of hydrogen-bond donors (Lipinski definition) is 1. The van der Waals surface area contributed by atoms with Gasteiger partial charge in [-0.15, -0.1) is 0 Å². The van der Waals surface area contributed by atoms with Crippen molar-refractivity contribution in [2.75, 3.05) is 5.32 Å². The lowest BCUT2D eigenvalue weighted by Crippen LogP contribution is -2.11. The summed E-state index contributed by atoms with van der Waals surface area (Å²) in [5, 5.41) is 6.49. The van der Waals surface area contributed by atoms with E-state index in [-0.39, 0.29) is 11.8 Å². The summed E-state index contributed by atoms with van der Waals surface area (Å²) in [6.07, 6.45) is 1.49. The maximum absolute atomic E-state index is 11.9. The van der Waals surface area contributed by atoms with Gasteiger partial charge >= 0.3 is 0 Å². The van der Waals surface area contributed by atoms with Gasteiger partial charge in [0.25, 0.3) is 5.91 Å². The van der Waals surface area contributed by atoms with Gasteiger partial charge in [-0.2, -0.15) is 0 Å². The second kappa shape index (κ2) is 5.30. The number of rotatable bonds is 3. The Morgan fingerprint density at radius 2 is 2.22 bits per heavy atom. The third-order valence-electron chi connectivity index (χ3n) is 2.35. The molecule has 94 valence electrons. The van der Waals surface area contributed by atoms with E-state index >= 15 is 0 Å². The van der Waals surface area contributed by atoms with Crippen LogP contribution in [-0.2, 0) is 0 Å². The number of aromatic nitrogens is 2. The molecule has 2 rings (SSSR count). The Morgan fingerprint density at radius 1 is 1.44 bits per heavy atom. The first-order valence-electron chi connectivity index (χ1n) is 5.46. The highest BCUT2D eigenvalue weighted by Crippen LogP contribution is 2.18. The molecule has 0 aliphatic carbocycles. The molecule has 2 aromatic rings. The van der Waals surface area contributed by atoms with Gasteiger partial charge in [0.05, 0.1) is 11.3 Å². The van der Waals surface area contributed by atoms with Crippen LogP contribution in [0.1, 0.15) is 35.8 Å². The summed E-state index contributed by atoms with van der Waals surface area (Å²) in [5.41, 5.74) is 1.26. The van der Waals surface area contributed by atoms with Crippen molar-refractivity contribution < 1.29 is 9.32 Å². The van der Waals surface area contributed by atoms with Crippen LogP contribution in [0, 0.1) is 0 Å². The van der Waals surface area contributed by atoms with Gasteiger partial charge in [-0.3, -0.25) is 10.1 Å². The first-order chi connectivity index (χ1) is 8.56. The van der Waals surface area contributed by atoms with Crippen LogP contribution in [0.15, 0.2) is 33.5 Å². The average Bonchev–Trinajstić information content (AvgIpc) is 2.78. The average molecular weight is 310 g/mol. The summed E-state index contributed by atoms with van der Waals surface area (Å²) < 4.78 is 5.71. The minimum absolute atomic E-state index is 0.258. The van der Waals surface area contributed by atoms with Crippen LogP contribution in [-0.4, -0.2) is 16.0 Å². The molecule has 1 amide bonds. The lowest BCUT2D eigenvalue weighted by Gasteiger charge is -2.00. The molecule has 0 unspecified atom stereocenters. The molecule has 2 heterocycles. The van der Waals surface area contributed by atoms with E-state index in [4.69, 9.17) is 4.52 Å². The first kappa shape index (κ1) is 12.8. The highest BCUT2D eigenvalue weighted by Gasteiger charge is 2.12. The Balaban J connectivity index is 2.08. The largest absolute Gasteiger partial charge is 0.338 e. The van der Waals surface area contributed by atoms with E-state index in [1.54, 1.807) is 18.2 Å². The minimum Gasteiger partial charge on any atom is -0.338 e. The molecule has 6 heteroatoms. The van der Waals surface area contributed by atoms with Crippen molar-refractivity contribution in [3.8, 4) is 0 Å². The number of halogens is 1. The molecule has 18 heavy (non-hydrogen) atoms. The van der Waals surface area contributed by atoms with Gasteiger partial charge in [0.15, 0.2) is 0 Å². The number of anilines is 1. The van der Waals surface area contributed by atoms with E-state index in [1.165, 1.54) is 6.20 Å². The molecule has 0 aromatic carbocycles. The molecule has 0 aliphatic rings. The highest BCUT2D eigenvalue weighted by molar-refractivity contribution is 9.10. The molecular weight excluding hydrogens is 298 g/mol. The zero-order chi connectivity index (χ0) is 13.1. The van der Waals surface area contributed by atoms with Gasteiger partial charge in [0.2, 0.25) is 5.88 Å². The Labute approximate surface area is 113 Å². The van der Waals surface area contributed by atoms with Crippen molar-refractivity contribution in [3.63, 3.8) is 0 Å². The summed E-state index contributed by atoms with van der Waals surface area (Å²) in [6, 6.07) is 5.09. The van der Waals surface area contributed by atoms with Crippen LogP contribution < -0.4 is 5.32 Å². The fraction of sp³-hybridized carbons (Fsp3) is 0.250. The van der Waals surface area contributed by atoms with Gasteiger partial charge in [0, 0.05) is 12.3 Å². The molecule has 0 fully saturated rings. The van der Waals surface area contributed by atoms with Gasteiger partial charge in [0.1, 0.15) is 4.60 Å². The maximum Gasteiger partial charge on any atom is 0.259 e. The third-order valence-corrected chi connectivity index (χ3v) is 2.82. The van der Waals surface area contributed by atoms with Crippen molar-refractivity contribution in [2.24, 2.45) is 0 Å². The summed E-state index contributed by atoms with van der Waals surface area (Å²) in [7, 11) is 0. The monoisotopic (exact) mass is 309 g/mol. The molecule has 0 aliphatic heterocycles. The summed E-state index contributed by atoms with van der Waals surface area (Å²) in [4.78, 5) is 15.8. The Bertz CT molecular complexity index is 549. The molecule has 1 N–H and O–H groups in total. The molecule has 0 atom stereocenters. The maximum atomic E-state index is 11.9. The smallest absolute Gasteiger partial charge is 0.259 e. The summed E-state index contributed by atoms with van der Waals surface area (Å²) >= 11 is 3.21. The molecule has 2 aromatic heterocycles. The first-order valence-corrected chi connectivity index (χ1v) is 6.25. The van der Waals surface area contributed by atoms with Gasteiger partial charge in [-0.1, -0.05) is 19.0 Å². The second-order valence-corrected chi connectivity index (χ2v) is 4.91. The van der Waals surface area contributed by atoms with Crippen LogP contribution in [0.4, 0.5) is 5.88 Å². The zero-order valence-corrected chi connectivity index (χ0v) is 11.6. The van der Waals surface area contributed by atoms with Crippen LogP contribution in [0.2, 0.25) is 0 Å². The van der Waals surface area contributed by atoms with Gasteiger partial charge < -0.3 is 4.52 Å². The van der Waals surface area contributed by atoms with E-state index in [2.05, 4.69) is 31.4 Å². The number of carbonyl (C=O) groups excluding carboxylic acids is 1. The topological polar surface area (TPSA) is 68.0 Å². The number of carbonyl (C=O) groups is 1. The van der Waals surface area contributed by atoms with Crippen LogP contribution in [0.3, 0.4) is 0 Å². The Morgan fingerprint density at radius 3 is 2.78 bits per heavy atom. The van der Waals surface area contributed by atoms with E-state index in [0.717, 1.165) is 5.69 Å². The van der Waals surface area contributed by atoms with Crippen molar-refractivity contribution >= 4 is 27.7 Å². The van der Waals surface area contributed by atoms with E-state index in [9.17, 15) is 4.79 Å². The SMILES string of the molecule is CC(C)c1cc(NC(=O)c2ccc(Br)nc2)on1. The number of nitrogens with one attached hydrogen (secondary N) is 1. The molecular formula is C12H12BrN3O2. The standard InChI is InChI=1S/C12H12BrN3O2/c1-7(2)9-5-11(18-16-9)15-12(17)8-3-4-10(13)14-6-8/h3-7H,1-2H3,(H,15,17). The number of hydrogen-bond acceptors (Lipinski definition) is 4. The Hall–Kier alpha value is -1.69. The predicted octanol–water partition coefficient (Wildman–Crippen LogP) is 3.21. The van der Waals surface area contributed by atoms with E-state index in [0.29, 0.717) is 16.1 Å². The molecule has 0 spiro atoms. The number of nitrogens with zero attached hydrogens (tertiary/aromatic N) is 2. The fourth-order valence-corrected chi connectivity index (χ4v) is 1.55. The van der Waals surface area contributed by atoms with Crippen molar-refractivity contribution in [1.82, 2.24) is 10.1 Å². The third kappa shape index (κ3) is 2.95.